The molecule has 1 amide bonds. The first-order valence-corrected chi connectivity index (χ1v) is 9.95. The van der Waals surface area contributed by atoms with Crippen LogP contribution >= 0.6 is 11.8 Å². The first-order valence-electron chi connectivity index (χ1n) is 8.97. The second-order valence-corrected chi connectivity index (χ2v) is 7.47. The molecule has 0 saturated carbocycles. The molecule has 0 spiro atoms. The zero-order valence-electron chi connectivity index (χ0n) is 15.4. The number of anilines is 1. The highest BCUT2D eigenvalue weighted by molar-refractivity contribution is 7.99. The summed E-state index contributed by atoms with van der Waals surface area (Å²) >= 11 is 1.28. The Morgan fingerprint density at radius 3 is 2.96 bits per heavy atom. The van der Waals surface area contributed by atoms with Crippen molar-refractivity contribution in [3.05, 3.63) is 47.7 Å². The van der Waals surface area contributed by atoms with Gasteiger partial charge in [0.25, 0.3) is 0 Å². The lowest BCUT2D eigenvalue weighted by molar-refractivity contribution is -0.119. The molecule has 1 aliphatic heterocycles. The van der Waals surface area contributed by atoms with Crippen molar-refractivity contribution in [2.45, 2.75) is 24.7 Å². The molecule has 1 aromatic carbocycles. The number of hydrogen-bond donors (Lipinski definition) is 2. The van der Waals surface area contributed by atoms with E-state index >= 15 is 0 Å². The van der Waals surface area contributed by atoms with Crippen LogP contribution in [-0.4, -0.2) is 58.9 Å². The zero-order valence-corrected chi connectivity index (χ0v) is 16.2. The van der Waals surface area contributed by atoms with E-state index in [4.69, 9.17) is 10.5 Å². The molecule has 1 unspecified atom stereocenters. The smallest absolute Gasteiger partial charge is 0.230 e. The SMILES string of the molecule is Cc1cc(N)nc(SCC(=O)NCC2CN(Cc3ccccc3)CCO2)n1. The fourth-order valence-electron chi connectivity index (χ4n) is 2.93. The van der Waals surface area contributed by atoms with Crippen molar-refractivity contribution in [2.75, 3.05) is 37.7 Å². The van der Waals surface area contributed by atoms with Crippen LogP contribution in [0.2, 0.25) is 0 Å². The molecule has 2 heterocycles. The fourth-order valence-corrected chi connectivity index (χ4v) is 3.67. The number of carbonyl (C=O) groups is 1. The summed E-state index contributed by atoms with van der Waals surface area (Å²) in [5, 5.41) is 3.46. The Bertz CT molecular complexity index is 739. The van der Waals surface area contributed by atoms with Gasteiger partial charge in [0.2, 0.25) is 5.91 Å². The molecule has 0 bridgehead atoms. The van der Waals surface area contributed by atoms with Crippen LogP contribution in [0.5, 0.6) is 0 Å². The summed E-state index contributed by atoms with van der Waals surface area (Å²) in [4.78, 5) is 22.9. The lowest BCUT2D eigenvalue weighted by Gasteiger charge is -2.33. The Hall–Kier alpha value is -2.16. The number of ether oxygens (including phenoxy) is 1. The van der Waals surface area contributed by atoms with Gasteiger partial charge in [-0.15, -0.1) is 0 Å². The molecule has 3 N–H and O–H groups in total. The second-order valence-electron chi connectivity index (χ2n) is 6.52. The van der Waals surface area contributed by atoms with E-state index in [1.54, 1.807) is 6.07 Å². The molecule has 3 rings (SSSR count). The van der Waals surface area contributed by atoms with E-state index in [1.807, 2.05) is 13.0 Å². The highest BCUT2D eigenvalue weighted by atomic mass is 32.2. The number of nitrogens with two attached hydrogens (primary N) is 1. The number of nitrogen functional groups attached to an aromatic ring is 1. The molecule has 8 heteroatoms. The van der Waals surface area contributed by atoms with Crippen LogP contribution in [-0.2, 0) is 16.1 Å². The third-order valence-electron chi connectivity index (χ3n) is 4.18. The van der Waals surface area contributed by atoms with Crippen LogP contribution in [0.25, 0.3) is 0 Å². The lowest BCUT2D eigenvalue weighted by Crippen LogP contribution is -2.47. The van der Waals surface area contributed by atoms with Gasteiger partial charge in [0, 0.05) is 37.9 Å². The van der Waals surface area contributed by atoms with Crippen LogP contribution in [0.15, 0.2) is 41.6 Å². The van der Waals surface area contributed by atoms with Gasteiger partial charge in [0.15, 0.2) is 5.16 Å². The van der Waals surface area contributed by atoms with Crippen molar-refractivity contribution >= 4 is 23.5 Å². The van der Waals surface area contributed by atoms with Crippen molar-refractivity contribution < 1.29 is 9.53 Å². The van der Waals surface area contributed by atoms with Crippen molar-refractivity contribution in [1.29, 1.82) is 0 Å². The first-order chi connectivity index (χ1) is 13.1. The Morgan fingerprint density at radius 1 is 1.37 bits per heavy atom. The standard InChI is InChI=1S/C19H25N5O2S/c1-14-9-17(20)23-19(22-14)27-13-18(25)21-10-16-12-24(7-8-26-16)11-15-5-3-2-4-6-15/h2-6,9,16H,7-8,10-13H2,1H3,(H,21,25)(H2,20,22,23). The number of aromatic nitrogens is 2. The molecule has 1 saturated heterocycles. The summed E-state index contributed by atoms with van der Waals surface area (Å²) in [6, 6.07) is 12.1. The number of carbonyl (C=O) groups excluding carboxylic acids is 1. The molecule has 1 atom stereocenters. The van der Waals surface area contributed by atoms with Crippen LogP contribution in [0, 0.1) is 6.92 Å². The molecule has 1 fully saturated rings. The predicted octanol–water partition coefficient (Wildman–Crippen LogP) is 1.48. The van der Waals surface area contributed by atoms with Crippen LogP contribution in [0.1, 0.15) is 11.3 Å². The maximum atomic E-state index is 12.1. The molecule has 7 nitrogen and oxygen atoms in total. The third kappa shape index (κ3) is 6.50. The number of nitrogens with zero attached hydrogens (tertiary/aromatic N) is 3. The largest absolute Gasteiger partial charge is 0.384 e. The Morgan fingerprint density at radius 2 is 2.19 bits per heavy atom. The summed E-state index contributed by atoms with van der Waals surface area (Å²) < 4.78 is 5.79. The Kier molecular flexibility index (Phi) is 7.03. The van der Waals surface area contributed by atoms with Crippen molar-refractivity contribution in [3.63, 3.8) is 0 Å². The van der Waals surface area contributed by atoms with Gasteiger partial charge in [0.1, 0.15) is 5.82 Å². The molecule has 1 aliphatic rings. The van der Waals surface area contributed by atoms with Crippen LogP contribution in [0.4, 0.5) is 5.82 Å². The van der Waals surface area contributed by atoms with Gasteiger partial charge in [0.05, 0.1) is 18.5 Å². The van der Waals surface area contributed by atoms with E-state index in [2.05, 4.69) is 44.5 Å². The van der Waals surface area contributed by atoms with Crippen LogP contribution in [0.3, 0.4) is 0 Å². The molecule has 0 radical (unpaired) electrons. The number of amides is 1. The van der Waals surface area contributed by atoms with Crippen LogP contribution < -0.4 is 11.1 Å². The normalized spacial score (nSPS) is 17.6. The molecular formula is C19H25N5O2S. The monoisotopic (exact) mass is 387 g/mol. The van der Waals surface area contributed by atoms with Crippen molar-refractivity contribution in [2.24, 2.45) is 0 Å². The summed E-state index contributed by atoms with van der Waals surface area (Å²) in [5.74, 6) is 0.607. The van der Waals surface area contributed by atoms with Gasteiger partial charge < -0.3 is 15.8 Å². The van der Waals surface area contributed by atoms with E-state index in [0.717, 1.165) is 25.3 Å². The maximum absolute atomic E-state index is 12.1. The molecule has 144 valence electrons. The minimum atomic E-state index is -0.0625. The summed E-state index contributed by atoms with van der Waals surface area (Å²) in [5.41, 5.74) is 7.78. The average Bonchev–Trinajstić information content (AvgIpc) is 2.65. The van der Waals surface area contributed by atoms with Gasteiger partial charge >= 0.3 is 0 Å². The minimum absolute atomic E-state index is 0.00211. The van der Waals surface area contributed by atoms with Gasteiger partial charge in [-0.2, -0.15) is 0 Å². The van der Waals surface area contributed by atoms with E-state index in [1.165, 1.54) is 17.3 Å². The molecule has 27 heavy (non-hydrogen) atoms. The summed E-state index contributed by atoms with van der Waals surface area (Å²) in [6.07, 6.45) is 0.00211. The number of aryl methyl sites for hydroxylation is 1. The highest BCUT2D eigenvalue weighted by Crippen LogP contribution is 2.15. The van der Waals surface area contributed by atoms with Gasteiger partial charge in [-0.25, -0.2) is 9.97 Å². The van der Waals surface area contributed by atoms with Gasteiger partial charge in [-0.1, -0.05) is 42.1 Å². The molecule has 2 aromatic rings. The summed E-state index contributed by atoms with van der Waals surface area (Å²) in [6.45, 7) is 5.64. The predicted molar refractivity (Wildman–Crippen MR) is 106 cm³/mol. The number of rotatable bonds is 7. The second kappa shape index (κ2) is 9.68. The maximum Gasteiger partial charge on any atom is 0.230 e. The zero-order chi connectivity index (χ0) is 19.1. The quantitative estimate of drug-likeness (QED) is 0.549. The molecule has 0 aliphatic carbocycles. The number of morpholine rings is 1. The summed E-state index contributed by atoms with van der Waals surface area (Å²) in [7, 11) is 0. The van der Waals surface area contributed by atoms with Gasteiger partial charge in [-0.3, -0.25) is 9.69 Å². The van der Waals surface area contributed by atoms with Gasteiger partial charge in [-0.05, 0) is 12.5 Å². The molecule has 1 aromatic heterocycles. The Labute approximate surface area is 163 Å². The van der Waals surface area contributed by atoms with Crippen molar-refractivity contribution in [3.8, 4) is 0 Å². The third-order valence-corrected chi connectivity index (χ3v) is 5.03. The minimum Gasteiger partial charge on any atom is -0.384 e. The fraction of sp³-hybridized carbons (Fsp3) is 0.421. The van der Waals surface area contributed by atoms with E-state index in [-0.39, 0.29) is 17.8 Å². The topological polar surface area (TPSA) is 93.4 Å². The van der Waals surface area contributed by atoms with E-state index < -0.39 is 0 Å². The number of benzene rings is 1. The lowest BCUT2D eigenvalue weighted by atomic mass is 10.2. The number of thioether (sulfide) groups is 1. The Balaban J connectivity index is 1.40. The first kappa shape index (κ1) is 19.6. The van der Waals surface area contributed by atoms with E-state index in [0.29, 0.717) is 24.1 Å². The average molecular weight is 388 g/mol. The highest BCUT2D eigenvalue weighted by Gasteiger charge is 2.21. The molecular weight excluding hydrogens is 362 g/mol. The van der Waals surface area contributed by atoms with E-state index in [9.17, 15) is 4.79 Å². The number of nitrogens with one attached hydrogen (secondary N) is 1. The van der Waals surface area contributed by atoms with Crippen molar-refractivity contribution in [1.82, 2.24) is 20.2 Å². The number of hydrogen-bond acceptors (Lipinski definition) is 7.